The van der Waals surface area contributed by atoms with E-state index in [0.29, 0.717) is 38.2 Å². The van der Waals surface area contributed by atoms with Crippen molar-refractivity contribution in [2.24, 2.45) is 0 Å². The van der Waals surface area contributed by atoms with Crippen LogP contribution in [0.1, 0.15) is 62.1 Å². The highest BCUT2D eigenvalue weighted by Crippen LogP contribution is 2.33. The van der Waals surface area contributed by atoms with Gasteiger partial charge in [-0.1, -0.05) is 43.7 Å². The topological polar surface area (TPSA) is 27.7 Å². The molecule has 0 saturated carbocycles. The van der Waals surface area contributed by atoms with Crippen LogP contribution in [0, 0.1) is 11.6 Å². The van der Waals surface area contributed by atoms with Crippen molar-refractivity contribution in [1.29, 1.82) is 0 Å². The smallest absolute Gasteiger partial charge is 0.200 e. The largest absolute Gasteiger partial charge is 0.491 e. The molecule has 0 radical (unpaired) electrons. The van der Waals surface area contributed by atoms with Crippen LogP contribution in [0.4, 0.5) is 8.78 Å². The number of ether oxygens (including phenoxy) is 3. The average Bonchev–Trinajstić information content (AvgIpc) is 2.75. The van der Waals surface area contributed by atoms with Crippen LogP contribution in [0.2, 0.25) is 0 Å². The van der Waals surface area contributed by atoms with Crippen LogP contribution in [-0.2, 0) is 22.5 Å². The van der Waals surface area contributed by atoms with Crippen LogP contribution < -0.4 is 4.74 Å². The van der Waals surface area contributed by atoms with Crippen LogP contribution >= 0.6 is 0 Å². The lowest BCUT2D eigenvalue weighted by Gasteiger charge is -2.29. The summed E-state index contributed by atoms with van der Waals surface area (Å²) < 4.78 is 45.3. The number of hydrogen-bond acceptors (Lipinski definition) is 3. The molecule has 2 atom stereocenters. The molecule has 1 heterocycles. The molecule has 158 valence electrons. The van der Waals surface area contributed by atoms with Crippen molar-refractivity contribution in [3.05, 3.63) is 64.7 Å². The summed E-state index contributed by atoms with van der Waals surface area (Å²) >= 11 is 0. The predicted octanol–water partition coefficient (Wildman–Crippen LogP) is 6.14. The molecule has 3 nitrogen and oxygen atoms in total. The third-order valence-electron chi connectivity index (χ3n) is 5.33. The monoisotopic (exact) mass is 404 g/mol. The summed E-state index contributed by atoms with van der Waals surface area (Å²) in [7, 11) is 0. The third kappa shape index (κ3) is 5.77. The van der Waals surface area contributed by atoms with Crippen LogP contribution in [0.25, 0.3) is 0 Å². The van der Waals surface area contributed by atoms with Gasteiger partial charge < -0.3 is 14.2 Å². The van der Waals surface area contributed by atoms with E-state index in [1.54, 1.807) is 13.0 Å². The van der Waals surface area contributed by atoms with E-state index in [1.807, 2.05) is 0 Å². The van der Waals surface area contributed by atoms with Crippen molar-refractivity contribution >= 4 is 0 Å². The number of halogens is 2. The summed E-state index contributed by atoms with van der Waals surface area (Å²) in [4.78, 5) is 0. The van der Waals surface area contributed by atoms with Gasteiger partial charge in [0.2, 0.25) is 5.82 Å². The Hall–Kier alpha value is -1.98. The van der Waals surface area contributed by atoms with Gasteiger partial charge >= 0.3 is 0 Å². The molecule has 1 aliphatic heterocycles. The molecule has 0 N–H and O–H groups in total. The summed E-state index contributed by atoms with van der Waals surface area (Å²) in [6, 6.07) is 11.6. The first-order chi connectivity index (χ1) is 14.1. The van der Waals surface area contributed by atoms with Crippen LogP contribution in [-0.4, -0.2) is 19.5 Å². The van der Waals surface area contributed by atoms with Gasteiger partial charge in [0.1, 0.15) is 0 Å². The second kappa shape index (κ2) is 10.7. The standard InChI is InChI=1S/C24H30F2O3/c1-3-5-6-17-7-9-18(10-8-17)15-28-22-14-11-19(16-29-22)20-12-13-21(27-4-2)24(26)23(20)25/h7-10,12-13,19,22H,3-6,11,14-16H2,1-2H3. The number of aryl methyl sites for hydroxylation is 1. The molecule has 2 aromatic carbocycles. The molecule has 1 aliphatic rings. The molecule has 0 aromatic heterocycles. The summed E-state index contributed by atoms with van der Waals surface area (Å²) in [5.74, 6) is -2.00. The zero-order valence-corrected chi connectivity index (χ0v) is 17.3. The normalized spacial score (nSPS) is 19.3. The molecule has 3 rings (SSSR count). The Morgan fingerprint density at radius 1 is 0.966 bits per heavy atom. The lowest BCUT2D eigenvalue weighted by molar-refractivity contribution is -0.173. The number of hydrogen-bond donors (Lipinski definition) is 0. The van der Waals surface area contributed by atoms with Crippen molar-refractivity contribution in [3.8, 4) is 5.75 Å². The maximum atomic E-state index is 14.4. The Kier molecular flexibility index (Phi) is 8.01. The minimum atomic E-state index is -0.926. The number of rotatable bonds is 9. The Balaban J connectivity index is 1.49. The number of benzene rings is 2. The lowest BCUT2D eigenvalue weighted by atomic mass is 9.92. The van der Waals surface area contributed by atoms with E-state index in [2.05, 4.69) is 31.2 Å². The van der Waals surface area contributed by atoms with E-state index in [9.17, 15) is 8.78 Å². The second-order valence-corrected chi connectivity index (χ2v) is 7.48. The van der Waals surface area contributed by atoms with Gasteiger partial charge in [0, 0.05) is 5.92 Å². The minimum Gasteiger partial charge on any atom is -0.491 e. The first-order valence-corrected chi connectivity index (χ1v) is 10.5. The summed E-state index contributed by atoms with van der Waals surface area (Å²) in [5, 5.41) is 0. The fourth-order valence-electron chi connectivity index (χ4n) is 3.61. The van der Waals surface area contributed by atoms with E-state index in [4.69, 9.17) is 14.2 Å². The summed E-state index contributed by atoms with van der Waals surface area (Å²) in [6.45, 7) is 5.02. The molecule has 0 amide bonds. The van der Waals surface area contributed by atoms with Crippen LogP contribution in [0.15, 0.2) is 36.4 Å². The molecule has 0 bridgehead atoms. The van der Waals surface area contributed by atoms with Gasteiger partial charge in [-0.25, -0.2) is 4.39 Å². The van der Waals surface area contributed by atoms with Gasteiger partial charge in [-0.3, -0.25) is 0 Å². The van der Waals surface area contributed by atoms with Crippen molar-refractivity contribution in [2.75, 3.05) is 13.2 Å². The van der Waals surface area contributed by atoms with Gasteiger partial charge in [0.05, 0.1) is 19.8 Å². The van der Waals surface area contributed by atoms with E-state index in [-0.39, 0.29) is 18.0 Å². The van der Waals surface area contributed by atoms with E-state index in [1.165, 1.54) is 24.5 Å². The lowest BCUT2D eigenvalue weighted by Crippen LogP contribution is -2.27. The maximum Gasteiger partial charge on any atom is 0.200 e. The number of unbranched alkanes of at least 4 members (excludes halogenated alkanes) is 1. The van der Waals surface area contributed by atoms with E-state index < -0.39 is 11.6 Å². The highest BCUT2D eigenvalue weighted by molar-refractivity contribution is 5.33. The highest BCUT2D eigenvalue weighted by atomic mass is 19.2. The molecular formula is C24H30F2O3. The van der Waals surface area contributed by atoms with Crippen molar-refractivity contribution in [2.45, 2.75) is 64.8 Å². The molecule has 5 heteroatoms. The molecule has 2 unspecified atom stereocenters. The van der Waals surface area contributed by atoms with Crippen molar-refractivity contribution in [3.63, 3.8) is 0 Å². The van der Waals surface area contributed by atoms with Crippen molar-refractivity contribution < 1.29 is 23.0 Å². The SMILES string of the molecule is CCCCc1ccc(COC2CCC(c3ccc(OCC)c(F)c3F)CO2)cc1. The first kappa shape index (κ1) is 21.7. The van der Waals surface area contributed by atoms with Crippen LogP contribution in [0.3, 0.4) is 0 Å². The zero-order chi connectivity index (χ0) is 20.6. The Morgan fingerprint density at radius 2 is 1.72 bits per heavy atom. The van der Waals surface area contributed by atoms with E-state index in [0.717, 1.165) is 12.0 Å². The molecule has 1 saturated heterocycles. The molecule has 1 fully saturated rings. The average molecular weight is 404 g/mol. The fraction of sp³-hybridized carbons (Fsp3) is 0.500. The fourth-order valence-corrected chi connectivity index (χ4v) is 3.61. The molecule has 29 heavy (non-hydrogen) atoms. The Labute approximate surface area is 172 Å². The predicted molar refractivity (Wildman–Crippen MR) is 109 cm³/mol. The Morgan fingerprint density at radius 3 is 2.38 bits per heavy atom. The van der Waals surface area contributed by atoms with E-state index >= 15 is 0 Å². The van der Waals surface area contributed by atoms with Crippen LogP contribution in [0.5, 0.6) is 5.75 Å². The van der Waals surface area contributed by atoms with Gasteiger partial charge in [-0.15, -0.1) is 0 Å². The van der Waals surface area contributed by atoms with Crippen molar-refractivity contribution in [1.82, 2.24) is 0 Å². The molecule has 0 aliphatic carbocycles. The Bertz CT molecular complexity index is 768. The highest BCUT2D eigenvalue weighted by Gasteiger charge is 2.27. The quantitative estimate of drug-likeness (QED) is 0.502. The van der Waals surface area contributed by atoms with Gasteiger partial charge in [-0.2, -0.15) is 4.39 Å². The van der Waals surface area contributed by atoms with Gasteiger partial charge in [0.15, 0.2) is 17.9 Å². The van der Waals surface area contributed by atoms with Gasteiger partial charge in [0.25, 0.3) is 0 Å². The minimum absolute atomic E-state index is 0.0487. The third-order valence-corrected chi connectivity index (χ3v) is 5.33. The summed E-state index contributed by atoms with van der Waals surface area (Å²) in [5.41, 5.74) is 2.79. The summed E-state index contributed by atoms with van der Waals surface area (Å²) in [6.07, 6.45) is 4.51. The first-order valence-electron chi connectivity index (χ1n) is 10.5. The zero-order valence-electron chi connectivity index (χ0n) is 17.3. The molecular weight excluding hydrogens is 374 g/mol. The van der Waals surface area contributed by atoms with Gasteiger partial charge in [-0.05, 0) is 55.4 Å². The second-order valence-electron chi connectivity index (χ2n) is 7.48. The molecule has 2 aromatic rings. The molecule has 0 spiro atoms. The maximum absolute atomic E-state index is 14.4.